The molecule has 1 saturated heterocycles. The molecule has 0 radical (unpaired) electrons. The van der Waals surface area contributed by atoms with Gasteiger partial charge in [-0.15, -0.1) is 0 Å². The molecule has 3 N–H and O–H groups in total. The molecule has 3 atom stereocenters. The van der Waals surface area contributed by atoms with Crippen LogP contribution in [0, 0.1) is 5.92 Å². The third kappa shape index (κ3) is 3.67. The van der Waals surface area contributed by atoms with Gasteiger partial charge in [-0.3, -0.25) is 4.79 Å². The van der Waals surface area contributed by atoms with Crippen LogP contribution in [-0.4, -0.2) is 48.8 Å². The highest BCUT2D eigenvalue weighted by Crippen LogP contribution is 2.14. The molecule has 0 spiro atoms. The van der Waals surface area contributed by atoms with Crippen molar-refractivity contribution < 1.29 is 19.4 Å². The average molecular weight is 244 g/mol. The molecule has 0 aromatic heterocycles. The molecule has 0 aromatic rings. The SMILES string of the molecule is CCNC1COCC1C(=O)N[C@H](CC)C(=O)O. The Kier molecular flexibility index (Phi) is 5.37. The highest BCUT2D eigenvalue weighted by molar-refractivity contribution is 5.85. The molecule has 1 rings (SSSR count). The minimum Gasteiger partial charge on any atom is -0.480 e. The van der Waals surface area contributed by atoms with Crippen LogP contribution in [0.25, 0.3) is 0 Å². The van der Waals surface area contributed by atoms with Gasteiger partial charge < -0.3 is 20.5 Å². The normalized spacial score (nSPS) is 25.5. The summed E-state index contributed by atoms with van der Waals surface area (Å²) in [7, 11) is 0. The Labute approximate surface area is 101 Å². The van der Waals surface area contributed by atoms with Crippen molar-refractivity contribution in [2.24, 2.45) is 5.92 Å². The first-order valence-electron chi connectivity index (χ1n) is 5.94. The Morgan fingerprint density at radius 3 is 2.65 bits per heavy atom. The standard InChI is InChI=1S/C11H20N2O4/c1-3-8(11(15)16)13-10(14)7-5-17-6-9(7)12-4-2/h7-9,12H,3-6H2,1-2H3,(H,13,14)(H,15,16)/t7?,8-,9?/m1/s1. The van der Waals surface area contributed by atoms with Crippen LogP contribution < -0.4 is 10.6 Å². The van der Waals surface area contributed by atoms with Gasteiger partial charge in [0.05, 0.1) is 19.1 Å². The van der Waals surface area contributed by atoms with E-state index >= 15 is 0 Å². The van der Waals surface area contributed by atoms with Crippen molar-refractivity contribution in [1.82, 2.24) is 10.6 Å². The number of amides is 1. The number of carboxylic acid groups (broad SMARTS) is 1. The molecule has 1 aliphatic heterocycles. The van der Waals surface area contributed by atoms with E-state index in [2.05, 4.69) is 10.6 Å². The number of ether oxygens (including phenoxy) is 1. The lowest BCUT2D eigenvalue weighted by atomic mass is 10.0. The molecule has 2 unspecified atom stereocenters. The van der Waals surface area contributed by atoms with Crippen molar-refractivity contribution in [2.45, 2.75) is 32.4 Å². The van der Waals surface area contributed by atoms with E-state index in [-0.39, 0.29) is 17.9 Å². The first-order chi connectivity index (χ1) is 8.10. The molecule has 17 heavy (non-hydrogen) atoms. The Bertz CT molecular complexity index is 283. The molecule has 1 fully saturated rings. The lowest BCUT2D eigenvalue weighted by molar-refractivity contribution is -0.142. The summed E-state index contributed by atoms with van der Waals surface area (Å²) in [4.78, 5) is 22.7. The molecule has 0 saturated carbocycles. The first-order valence-corrected chi connectivity index (χ1v) is 5.94. The van der Waals surface area contributed by atoms with E-state index in [0.717, 1.165) is 6.54 Å². The highest BCUT2D eigenvalue weighted by Gasteiger charge is 2.34. The maximum Gasteiger partial charge on any atom is 0.326 e. The van der Waals surface area contributed by atoms with Gasteiger partial charge in [-0.1, -0.05) is 13.8 Å². The molecule has 1 amide bonds. The summed E-state index contributed by atoms with van der Waals surface area (Å²) >= 11 is 0. The van der Waals surface area contributed by atoms with Crippen LogP contribution in [0.5, 0.6) is 0 Å². The monoisotopic (exact) mass is 244 g/mol. The Hall–Kier alpha value is -1.14. The fourth-order valence-corrected chi connectivity index (χ4v) is 1.89. The maximum absolute atomic E-state index is 11.9. The number of hydrogen-bond acceptors (Lipinski definition) is 4. The summed E-state index contributed by atoms with van der Waals surface area (Å²) in [5.41, 5.74) is 0. The second-order valence-corrected chi connectivity index (χ2v) is 4.12. The molecule has 0 aromatic carbocycles. The van der Waals surface area contributed by atoms with E-state index in [1.165, 1.54) is 0 Å². The van der Waals surface area contributed by atoms with Gasteiger partial charge in [0.2, 0.25) is 5.91 Å². The lowest BCUT2D eigenvalue weighted by Gasteiger charge is -2.20. The maximum atomic E-state index is 11.9. The van der Waals surface area contributed by atoms with Gasteiger partial charge in [0.15, 0.2) is 0 Å². The fourth-order valence-electron chi connectivity index (χ4n) is 1.89. The molecule has 0 bridgehead atoms. The van der Waals surface area contributed by atoms with Crippen LogP contribution in [0.15, 0.2) is 0 Å². The number of likely N-dealkylation sites (N-methyl/N-ethyl adjacent to an activating group) is 1. The molecule has 0 aliphatic carbocycles. The van der Waals surface area contributed by atoms with E-state index in [9.17, 15) is 9.59 Å². The van der Waals surface area contributed by atoms with Crippen molar-refractivity contribution >= 4 is 11.9 Å². The van der Waals surface area contributed by atoms with Crippen LogP contribution in [0.3, 0.4) is 0 Å². The smallest absolute Gasteiger partial charge is 0.326 e. The van der Waals surface area contributed by atoms with E-state index in [0.29, 0.717) is 19.6 Å². The molecule has 1 heterocycles. The van der Waals surface area contributed by atoms with Crippen molar-refractivity contribution in [3.05, 3.63) is 0 Å². The summed E-state index contributed by atoms with van der Waals surface area (Å²) in [6.45, 7) is 5.29. The molecule has 1 aliphatic rings. The molecular weight excluding hydrogens is 224 g/mol. The molecule has 6 heteroatoms. The predicted octanol–water partition coefficient (Wildman–Crippen LogP) is -0.410. The molecule has 98 valence electrons. The zero-order valence-corrected chi connectivity index (χ0v) is 10.2. The van der Waals surface area contributed by atoms with Gasteiger partial charge in [-0.05, 0) is 13.0 Å². The Morgan fingerprint density at radius 1 is 1.41 bits per heavy atom. The van der Waals surface area contributed by atoms with E-state index in [1.54, 1.807) is 6.92 Å². The van der Waals surface area contributed by atoms with Gasteiger partial charge >= 0.3 is 5.97 Å². The number of nitrogens with one attached hydrogen (secondary N) is 2. The molecular formula is C11H20N2O4. The number of carboxylic acids is 1. The topological polar surface area (TPSA) is 87.7 Å². The minimum atomic E-state index is -1.00. The zero-order chi connectivity index (χ0) is 12.8. The highest BCUT2D eigenvalue weighted by atomic mass is 16.5. The fraction of sp³-hybridized carbons (Fsp3) is 0.818. The Balaban J connectivity index is 2.53. The third-order valence-corrected chi connectivity index (χ3v) is 2.91. The number of carbonyl (C=O) groups excluding carboxylic acids is 1. The van der Waals surface area contributed by atoms with Crippen LogP contribution in [0.4, 0.5) is 0 Å². The van der Waals surface area contributed by atoms with Crippen LogP contribution in [0.1, 0.15) is 20.3 Å². The van der Waals surface area contributed by atoms with Crippen molar-refractivity contribution in [3.63, 3.8) is 0 Å². The van der Waals surface area contributed by atoms with Crippen LogP contribution >= 0.6 is 0 Å². The molecule has 6 nitrogen and oxygen atoms in total. The summed E-state index contributed by atoms with van der Waals surface area (Å²) in [6.07, 6.45) is 0.376. The van der Waals surface area contributed by atoms with Crippen LogP contribution in [0.2, 0.25) is 0 Å². The second kappa shape index (κ2) is 6.56. The van der Waals surface area contributed by atoms with Crippen LogP contribution in [-0.2, 0) is 14.3 Å². The van der Waals surface area contributed by atoms with E-state index in [1.807, 2.05) is 6.92 Å². The lowest BCUT2D eigenvalue weighted by Crippen LogP contribution is -2.48. The van der Waals surface area contributed by atoms with Gasteiger partial charge in [0, 0.05) is 6.04 Å². The van der Waals surface area contributed by atoms with Gasteiger partial charge in [-0.25, -0.2) is 4.79 Å². The van der Waals surface area contributed by atoms with Gasteiger partial charge in [0.1, 0.15) is 6.04 Å². The number of carbonyl (C=O) groups is 2. The summed E-state index contributed by atoms with van der Waals surface area (Å²) in [5.74, 6) is -1.55. The van der Waals surface area contributed by atoms with Gasteiger partial charge in [-0.2, -0.15) is 0 Å². The summed E-state index contributed by atoms with van der Waals surface area (Å²) in [5, 5.41) is 14.6. The zero-order valence-electron chi connectivity index (χ0n) is 10.2. The van der Waals surface area contributed by atoms with Crippen molar-refractivity contribution in [3.8, 4) is 0 Å². The quantitative estimate of drug-likeness (QED) is 0.591. The first kappa shape index (κ1) is 13.9. The van der Waals surface area contributed by atoms with Crippen molar-refractivity contribution in [1.29, 1.82) is 0 Å². The van der Waals surface area contributed by atoms with Gasteiger partial charge in [0.25, 0.3) is 0 Å². The largest absolute Gasteiger partial charge is 0.480 e. The third-order valence-electron chi connectivity index (χ3n) is 2.91. The minimum absolute atomic E-state index is 0.0219. The van der Waals surface area contributed by atoms with E-state index < -0.39 is 12.0 Å². The second-order valence-electron chi connectivity index (χ2n) is 4.12. The Morgan fingerprint density at radius 2 is 2.12 bits per heavy atom. The number of aliphatic carboxylic acids is 1. The number of hydrogen-bond donors (Lipinski definition) is 3. The van der Waals surface area contributed by atoms with Crippen molar-refractivity contribution in [2.75, 3.05) is 19.8 Å². The predicted molar refractivity (Wildman–Crippen MR) is 61.6 cm³/mol. The average Bonchev–Trinajstić information content (AvgIpc) is 2.74. The summed E-state index contributed by atoms with van der Waals surface area (Å²) in [6, 6.07) is -0.836. The number of rotatable bonds is 6. The van der Waals surface area contributed by atoms with E-state index in [4.69, 9.17) is 9.84 Å². The summed E-state index contributed by atoms with van der Waals surface area (Å²) < 4.78 is 5.25.